The molecule has 0 spiro atoms. The molecule has 0 bridgehead atoms. The van der Waals surface area contributed by atoms with Crippen LogP contribution in [0.5, 0.6) is 0 Å². The summed E-state index contributed by atoms with van der Waals surface area (Å²) in [6.07, 6.45) is -0.886. The Morgan fingerprint density at radius 1 is 0.833 bits per heavy atom. The van der Waals surface area contributed by atoms with Crippen molar-refractivity contribution >= 4 is 34.8 Å². The van der Waals surface area contributed by atoms with Gasteiger partial charge < -0.3 is 0 Å². The maximum absolute atomic E-state index is 13.5. The number of carbonyl (C=O) groups is 2. The number of fused-ring (bicyclic) bond motifs is 1. The van der Waals surface area contributed by atoms with Gasteiger partial charge in [0, 0.05) is 5.02 Å². The maximum atomic E-state index is 13.5. The molecule has 0 aromatic heterocycles. The van der Waals surface area contributed by atoms with Gasteiger partial charge in [-0.3, -0.25) is 14.4 Å². The highest BCUT2D eigenvalue weighted by Crippen LogP contribution is 2.47. The van der Waals surface area contributed by atoms with Crippen molar-refractivity contribution in [3.05, 3.63) is 95.0 Å². The second kappa shape index (κ2) is 7.27. The van der Waals surface area contributed by atoms with Crippen LogP contribution in [0.1, 0.15) is 17.2 Å². The first-order valence-corrected chi connectivity index (χ1v) is 10.1. The van der Waals surface area contributed by atoms with E-state index < -0.39 is 18.1 Å². The molecule has 6 heteroatoms. The van der Waals surface area contributed by atoms with Crippen molar-refractivity contribution in [2.45, 2.75) is 19.1 Å². The molecule has 2 saturated heterocycles. The number of amides is 2. The number of benzene rings is 3. The van der Waals surface area contributed by atoms with Gasteiger partial charge in [0.2, 0.25) is 5.91 Å². The Bertz CT molecular complexity index is 1120. The normalized spacial score (nSPS) is 23.2. The fraction of sp³-hybridized carbons (Fsp3) is 0.167. The minimum absolute atomic E-state index is 0.281. The zero-order chi connectivity index (χ0) is 20.8. The summed E-state index contributed by atoms with van der Waals surface area (Å²) in [5.74, 6) is -1.31. The molecule has 5 nitrogen and oxygen atoms in total. The van der Waals surface area contributed by atoms with Gasteiger partial charge >= 0.3 is 0 Å². The zero-order valence-corrected chi connectivity index (χ0v) is 17.0. The first kappa shape index (κ1) is 18.9. The molecule has 2 aliphatic rings. The number of nitrogens with zero attached hydrogens (tertiary/aromatic N) is 2. The number of carbonyl (C=O) groups excluding carboxylic acids is 2. The number of aryl methyl sites for hydroxylation is 1. The number of halogens is 1. The van der Waals surface area contributed by atoms with Crippen LogP contribution in [0.15, 0.2) is 78.9 Å². The first-order valence-electron chi connectivity index (χ1n) is 9.75. The lowest BCUT2D eigenvalue weighted by atomic mass is 9.90. The third-order valence-corrected chi connectivity index (χ3v) is 5.85. The zero-order valence-electron chi connectivity index (χ0n) is 16.2. The van der Waals surface area contributed by atoms with Gasteiger partial charge in [0.05, 0.1) is 17.4 Å². The molecule has 0 N–H and O–H groups in total. The number of para-hydroxylation sites is 1. The minimum Gasteiger partial charge on any atom is -0.273 e. The number of hydrogen-bond donors (Lipinski definition) is 0. The van der Waals surface area contributed by atoms with Crippen molar-refractivity contribution in [3.8, 4) is 0 Å². The van der Waals surface area contributed by atoms with Crippen molar-refractivity contribution in [1.29, 1.82) is 0 Å². The van der Waals surface area contributed by atoms with Crippen LogP contribution in [0.3, 0.4) is 0 Å². The average molecular weight is 419 g/mol. The van der Waals surface area contributed by atoms with E-state index in [-0.39, 0.29) is 11.8 Å². The van der Waals surface area contributed by atoms with E-state index >= 15 is 0 Å². The number of anilines is 2. The highest BCUT2D eigenvalue weighted by atomic mass is 35.5. The fourth-order valence-corrected chi connectivity index (χ4v) is 4.37. The van der Waals surface area contributed by atoms with Crippen molar-refractivity contribution in [2.75, 3.05) is 9.96 Å². The Morgan fingerprint density at radius 2 is 1.53 bits per heavy atom. The number of hydroxylamine groups is 1. The molecule has 3 aromatic rings. The topological polar surface area (TPSA) is 49.9 Å². The average Bonchev–Trinajstić information content (AvgIpc) is 3.26. The first-order chi connectivity index (χ1) is 14.5. The molecular formula is C24H19ClN2O3. The van der Waals surface area contributed by atoms with Gasteiger partial charge in [-0.05, 0) is 42.8 Å². The number of rotatable bonds is 3. The van der Waals surface area contributed by atoms with Crippen LogP contribution in [-0.4, -0.2) is 17.9 Å². The molecule has 5 rings (SSSR count). The highest BCUT2D eigenvalue weighted by Gasteiger charge is 2.60. The van der Waals surface area contributed by atoms with Gasteiger partial charge in [-0.2, -0.15) is 0 Å². The van der Waals surface area contributed by atoms with Gasteiger partial charge in [0.15, 0.2) is 6.10 Å². The third-order valence-electron chi connectivity index (χ3n) is 5.61. The molecule has 2 fully saturated rings. The van der Waals surface area contributed by atoms with E-state index in [4.69, 9.17) is 16.4 Å². The summed E-state index contributed by atoms with van der Waals surface area (Å²) in [6.45, 7) is 2.01. The van der Waals surface area contributed by atoms with E-state index in [0.717, 1.165) is 16.8 Å². The van der Waals surface area contributed by atoms with Crippen molar-refractivity contribution in [1.82, 2.24) is 0 Å². The third kappa shape index (κ3) is 2.98. The molecule has 150 valence electrons. The van der Waals surface area contributed by atoms with Gasteiger partial charge in [0.1, 0.15) is 5.92 Å². The Kier molecular flexibility index (Phi) is 4.57. The monoisotopic (exact) mass is 418 g/mol. The van der Waals surface area contributed by atoms with E-state index in [1.165, 1.54) is 4.90 Å². The summed E-state index contributed by atoms with van der Waals surface area (Å²) in [4.78, 5) is 34.0. The highest BCUT2D eigenvalue weighted by molar-refractivity contribution is 6.31. The van der Waals surface area contributed by atoms with Crippen LogP contribution in [0, 0.1) is 12.8 Å². The molecule has 3 aromatic carbocycles. The lowest BCUT2D eigenvalue weighted by Gasteiger charge is -2.28. The van der Waals surface area contributed by atoms with E-state index in [1.807, 2.05) is 61.5 Å². The smallest absolute Gasteiger partial charge is 0.266 e. The molecule has 0 unspecified atom stereocenters. The minimum atomic E-state index is -0.886. The van der Waals surface area contributed by atoms with Crippen molar-refractivity contribution in [3.63, 3.8) is 0 Å². The molecular weight excluding hydrogens is 400 g/mol. The largest absolute Gasteiger partial charge is 0.273 e. The van der Waals surface area contributed by atoms with Crippen LogP contribution in [0.25, 0.3) is 0 Å². The summed E-state index contributed by atoms with van der Waals surface area (Å²) in [6, 6.07) is 23.9. The lowest BCUT2D eigenvalue weighted by Crippen LogP contribution is -2.37. The molecule has 2 aliphatic heterocycles. The summed E-state index contributed by atoms with van der Waals surface area (Å²) >= 11 is 6.09. The number of imide groups is 1. The van der Waals surface area contributed by atoms with E-state index in [2.05, 4.69) is 0 Å². The van der Waals surface area contributed by atoms with Crippen LogP contribution in [-0.2, 0) is 14.4 Å². The Labute approximate surface area is 179 Å². The summed E-state index contributed by atoms with van der Waals surface area (Å²) in [7, 11) is 0. The summed E-state index contributed by atoms with van der Waals surface area (Å²) in [5, 5.41) is 2.16. The fourth-order valence-electron chi connectivity index (χ4n) is 4.19. The molecule has 2 heterocycles. The van der Waals surface area contributed by atoms with E-state index in [1.54, 1.807) is 29.3 Å². The second-order valence-corrected chi connectivity index (χ2v) is 8.00. The SMILES string of the molecule is Cc1ccc([C@@H]2[C@@H]3C(=O)N(c4cccc(Cl)c4)C(=O)[C@@H]3ON2c2ccccc2)cc1. The molecule has 2 amide bonds. The molecule has 0 saturated carbocycles. The van der Waals surface area contributed by atoms with Crippen LogP contribution >= 0.6 is 11.6 Å². The molecule has 0 aliphatic carbocycles. The molecule has 0 radical (unpaired) electrons. The maximum Gasteiger partial charge on any atom is 0.266 e. The lowest BCUT2D eigenvalue weighted by molar-refractivity contribution is -0.126. The van der Waals surface area contributed by atoms with Gasteiger partial charge in [-0.25, -0.2) is 9.96 Å². The summed E-state index contributed by atoms with van der Waals surface area (Å²) in [5.41, 5.74) is 3.30. The number of hydrogen-bond acceptors (Lipinski definition) is 4. The van der Waals surface area contributed by atoms with Crippen molar-refractivity contribution < 1.29 is 14.4 Å². The quantitative estimate of drug-likeness (QED) is 0.578. The van der Waals surface area contributed by atoms with Gasteiger partial charge in [-0.1, -0.05) is 65.7 Å². The standard InChI is InChI=1S/C24H19ClN2O3/c1-15-10-12-16(13-11-15)21-20-22(30-27(21)18-7-3-2-4-8-18)24(29)26(23(20)28)19-9-5-6-17(25)14-19/h2-14,20-22H,1H3/t20-,21+,22+/m0/s1. The van der Waals surface area contributed by atoms with Gasteiger partial charge in [0.25, 0.3) is 5.91 Å². The van der Waals surface area contributed by atoms with E-state index in [9.17, 15) is 9.59 Å². The molecule has 3 atom stereocenters. The predicted molar refractivity (Wildman–Crippen MR) is 115 cm³/mol. The summed E-state index contributed by atoms with van der Waals surface area (Å²) < 4.78 is 0. The predicted octanol–water partition coefficient (Wildman–Crippen LogP) is 4.70. The second-order valence-electron chi connectivity index (χ2n) is 7.56. The Morgan fingerprint density at radius 3 is 2.23 bits per heavy atom. The van der Waals surface area contributed by atoms with E-state index in [0.29, 0.717) is 10.7 Å². The van der Waals surface area contributed by atoms with Crippen LogP contribution < -0.4 is 9.96 Å². The van der Waals surface area contributed by atoms with Gasteiger partial charge in [-0.15, -0.1) is 0 Å². The Hall–Kier alpha value is -3.15. The molecule has 30 heavy (non-hydrogen) atoms. The van der Waals surface area contributed by atoms with Crippen LogP contribution in [0.4, 0.5) is 11.4 Å². The van der Waals surface area contributed by atoms with Crippen molar-refractivity contribution in [2.24, 2.45) is 5.92 Å². The van der Waals surface area contributed by atoms with Crippen LogP contribution in [0.2, 0.25) is 5.02 Å². The Balaban J connectivity index is 1.59.